The smallest absolute Gasteiger partial charge is 0.00928 e. The first-order chi connectivity index (χ1) is 15.1. The average Bonchev–Trinajstić information content (AvgIpc) is 2.78. The Bertz CT molecular complexity index is 1360. The van der Waals surface area contributed by atoms with Gasteiger partial charge in [-0.15, -0.1) is 0 Å². The molecule has 31 heavy (non-hydrogen) atoms. The largest absolute Gasteiger partial charge is 0.0622 e. The van der Waals surface area contributed by atoms with Gasteiger partial charge in [0.05, 0.1) is 0 Å². The Kier molecular flexibility index (Phi) is 4.92. The van der Waals surface area contributed by atoms with Gasteiger partial charge in [-0.05, 0) is 82.6 Å². The molecule has 0 amide bonds. The van der Waals surface area contributed by atoms with E-state index in [1.165, 1.54) is 60.8 Å². The summed E-state index contributed by atoms with van der Waals surface area (Å²) in [4.78, 5) is 0. The van der Waals surface area contributed by atoms with Crippen LogP contribution in [0.4, 0.5) is 0 Å². The van der Waals surface area contributed by atoms with Crippen molar-refractivity contribution in [2.24, 2.45) is 0 Å². The Balaban J connectivity index is 1.89. The summed E-state index contributed by atoms with van der Waals surface area (Å²) in [5.74, 6) is 0. The Morgan fingerprint density at radius 1 is 0.355 bits per heavy atom. The van der Waals surface area contributed by atoms with E-state index in [2.05, 4.69) is 124 Å². The van der Waals surface area contributed by atoms with Gasteiger partial charge in [-0.1, -0.05) is 102 Å². The minimum atomic E-state index is 1.25. The highest BCUT2D eigenvalue weighted by molar-refractivity contribution is 6.07. The van der Waals surface area contributed by atoms with Gasteiger partial charge in [-0.2, -0.15) is 0 Å². The zero-order valence-corrected chi connectivity index (χ0v) is 18.3. The third-order valence-corrected chi connectivity index (χ3v) is 5.94. The maximum atomic E-state index is 2.37. The van der Waals surface area contributed by atoms with Gasteiger partial charge in [0.25, 0.3) is 0 Å². The lowest BCUT2D eigenvalue weighted by Crippen LogP contribution is -1.91. The lowest BCUT2D eigenvalue weighted by atomic mass is 9.87. The van der Waals surface area contributed by atoms with Crippen LogP contribution in [0.5, 0.6) is 0 Å². The lowest BCUT2D eigenvalue weighted by molar-refractivity contribution is 1.38. The second kappa shape index (κ2) is 7.89. The molecule has 0 aliphatic carbocycles. The van der Waals surface area contributed by atoms with Crippen LogP contribution in [-0.2, 0) is 0 Å². The molecular weight excluding hydrogens is 372 g/mol. The molecule has 5 aromatic carbocycles. The minimum Gasteiger partial charge on any atom is -0.0622 e. The molecule has 0 unspecified atom stereocenters. The number of hydrogen-bond acceptors (Lipinski definition) is 0. The first-order valence-corrected chi connectivity index (χ1v) is 10.9. The highest BCUT2D eigenvalue weighted by Gasteiger charge is 2.13. The van der Waals surface area contributed by atoms with E-state index in [-0.39, 0.29) is 0 Å². The molecule has 0 aromatic heterocycles. The third kappa shape index (κ3) is 3.78. The van der Waals surface area contributed by atoms with E-state index in [0.717, 1.165) is 0 Å². The van der Waals surface area contributed by atoms with Crippen molar-refractivity contribution in [1.29, 1.82) is 0 Å². The molecule has 0 fully saturated rings. The zero-order valence-electron chi connectivity index (χ0n) is 18.3. The number of hydrogen-bond donors (Lipinski definition) is 0. The first-order valence-electron chi connectivity index (χ1n) is 10.9. The van der Waals surface area contributed by atoms with Gasteiger partial charge in [0.2, 0.25) is 0 Å². The Hall–Kier alpha value is -3.64. The van der Waals surface area contributed by atoms with Crippen molar-refractivity contribution in [3.8, 4) is 33.4 Å². The number of fused-ring (bicyclic) bond motifs is 1. The van der Waals surface area contributed by atoms with E-state index in [9.17, 15) is 0 Å². The van der Waals surface area contributed by atoms with E-state index in [0.29, 0.717) is 0 Å². The average molecular weight is 399 g/mol. The fourth-order valence-corrected chi connectivity index (χ4v) is 4.63. The fraction of sp³-hybridized carbons (Fsp3) is 0.0968. The van der Waals surface area contributed by atoms with Crippen LogP contribution in [0.1, 0.15) is 16.7 Å². The summed E-state index contributed by atoms with van der Waals surface area (Å²) >= 11 is 0. The van der Waals surface area contributed by atoms with Gasteiger partial charge in [0, 0.05) is 0 Å². The summed E-state index contributed by atoms with van der Waals surface area (Å²) in [7, 11) is 0. The van der Waals surface area contributed by atoms with E-state index >= 15 is 0 Å². The quantitative estimate of drug-likeness (QED) is 0.285. The number of rotatable bonds is 3. The van der Waals surface area contributed by atoms with Gasteiger partial charge in [0.1, 0.15) is 0 Å². The maximum Gasteiger partial charge on any atom is -0.00928 e. The van der Waals surface area contributed by atoms with E-state index in [1.54, 1.807) is 0 Å². The maximum absolute atomic E-state index is 2.37. The Labute approximate surface area is 184 Å². The molecule has 0 nitrogen and oxygen atoms in total. The SMILES string of the molecule is Cc1cc(C)cc(-c2cc(-c3ccccc3)c3cc(C)cc(-c4ccccc4)c3c2)c1. The molecule has 0 saturated heterocycles. The van der Waals surface area contributed by atoms with Crippen molar-refractivity contribution < 1.29 is 0 Å². The molecule has 0 bridgehead atoms. The van der Waals surface area contributed by atoms with Crippen LogP contribution in [0.15, 0.2) is 103 Å². The normalized spacial score (nSPS) is 11.1. The van der Waals surface area contributed by atoms with Gasteiger partial charge in [0.15, 0.2) is 0 Å². The van der Waals surface area contributed by atoms with Gasteiger partial charge >= 0.3 is 0 Å². The van der Waals surface area contributed by atoms with Crippen LogP contribution in [0.2, 0.25) is 0 Å². The van der Waals surface area contributed by atoms with E-state index < -0.39 is 0 Å². The van der Waals surface area contributed by atoms with E-state index in [1.807, 2.05) is 0 Å². The molecule has 0 radical (unpaired) electrons. The molecule has 0 aliphatic rings. The summed E-state index contributed by atoms with van der Waals surface area (Å²) in [6.07, 6.45) is 0. The first kappa shape index (κ1) is 19.3. The monoisotopic (exact) mass is 398 g/mol. The standard InChI is InChI=1S/C31H26/c1-21-14-22(2)16-26(15-21)27-19-29(25-12-8-5-9-13-25)30-18-23(3)17-28(31(30)20-27)24-10-6-4-7-11-24/h4-20H,1-3H3. The molecule has 0 heteroatoms. The summed E-state index contributed by atoms with van der Waals surface area (Å²) < 4.78 is 0. The molecule has 0 atom stereocenters. The van der Waals surface area contributed by atoms with E-state index in [4.69, 9.17) is 0 Å². The molecule has 150 valence electrons. The second-order valence-electron chi connectivity index (χ2n) is 8.54. The zero-order chi connectivity index (χ0) is 21.4. The molecule has 0 heterocycles. The minimum absolute atomic E-state index is 1.25. The van der Waals surface area contributed by atoms with Crippen LogP contribution in [0.3, 0.4) is 0 Å². The van der Waals surface area contributed by atoms with Crippen molar-refractivity contribution in [3.05, 3.63) is 120 Å². The molecule has 0 saturated carbocycles. The van der Waals surface area contributed by atoms with Crippen LogP contribution in [0, 0.1) is 20.8 Å². The van der Waals surface area contributed by atoms with Crippen LogP contribution >= 0.6 is 0 Å². The highest BCUT2D eigenvalue weighted by atomic mass is 14.2. The molecule has 5 aromatic rings. The molecule has 5 rings (SSSR count). The van der Waals surface area contributed by atoms with Crippen LogP contribution in [-0.4, -0.2) is 0 Å². The Morgan fingerprint density at radius 3 is 1.39 bits per heavy atom. The van der Waals surface area contributed by atoms with Gasteiger partial charge in [-0.25, -0.2) is 0 Å². The fourth-order valence-electron chi connectivity index (χ4n) is 4.63. The van der Waals surface area contributed by atoms with Crippen molar-refractivity contribution in [2.45, 2.75) is 20.8 Å². The molecule has 0 aliphatic heterocycles. The lowest BCUT2D eigenvalue weighted by Gasteiger charge is -2.16. The number of benzene rings is 5. The molecular formula is C31H26. The number of aryl methyl sites for hydroxylation is 3. The van der Waals surface area contributed by atoms with Crippen LogP contribution in [0.25, 0.3) is 44.2 Å². The topological polar surface area (TPSA) is 0 Å². The van der Waals surface area contributed by atoms with Crippen molar-refractivity contribution >= 4 is 10.8 Å². The second-order valence-corrected chi connectivity index (χ2v) is 8.54. The Morgan fingerprint density at radius 2 is 0.806 bits per heavy atom. The van der Waals surface area contributed by atoms with Crippen molar-refractivity contribution in [2.75, 3.05) is 0 Å². The van der Waals surface area contributed by atoms with Crippen LogP contribution < -0.4 is 0 Å². The highest BCUT2D eigenvalue weighted by Crippen LogP contribution is 2.39. The predicted octanol–water partition coefficient (Wildman–Crippen LogP) is 8.77. The van der Waals surface area contributed by atoms with Gasteiger partial charge < -0.3 is 0 Å². The third-order valence-electron chi connectivity index (χ3n) is 5.94. The van der Waals surface area contributed by atoms with Gasteiger partial charge in [-0.3, -0.25) is 0 Å². The predicted molar refractivity (Wildman–Crippen MR) is 134 cm³/mol. The summed E-state index contributed by atoms with van der Waals surface area (Å²) in [6.45, 7) is 6.54. The summed E-state index contributed by atoms with van der Waals surface area (Å²) in [5, 5.41) is 2.60. The summed E-state index contributed by atoms with van der Waals surface area (Å²) in [5.41, 5.74) is 11.5. The summed E-state index contributed by atoms with van der Waals surface area (Å²) in [6, 6.07) is 37.7. The molecule has 0 spiro atoms. The van der Waals surface area contributed by atoms with Crippen molar-refractivity contribution in [1.82, 2.24) is 0 Å². The molecule has 0 N–H and O–H groups in total. The van der Waals surface area contributed by atoms with Crippen molar-refractivity contribution in [3.63, 3.8) is 0 Å².